The van der Waals surface area contributed by atoms with Gasteiger partial charge in [0.15, 0.2) is 5.82 Å². The van der Waals surface area contributed by atoms with Crippen LogP contribution in [0.2, 0.25) is 5.02 Å². The van der Waals surface area contributed by atoms with E-state index in [-0.39, 0.29) is 0 Å². The topological polar surface area (TPSA) is 52.0 Å². The van der Waals surface area contributed by atoms with E-state index in [4.69, 9.17) is 16.3 Å². The number of hydrogen-bond donors (Lipinski definition) is 1. The number of methoxy groups -OCH3 is 1. The van der Waals surface area contributed by atoms with E-state index in [0.29, 0.717) is 11.6 Å². The van der Waals surface area contributed by atoms with Gasteiger partial charge in [0.2, 0.25) is 0 Å². The maximum atomic E-state index is 5.98. The highest BCUT2D eigenvalue weighted by Gasteiger charge is 2.04. The zero-order valence-electron chi connectivity index (χ0n) is 11.1. The standard InChI is InChI=1S/C13H17ClN4O/c1-18-9-16-13(17-18)5-6-15-8-10-7-11(14)3-4-12(10)19-2/h3-4,7,9,15H,5-6,8H2,1-2H3. The molecule has 0 fully saturated rings. The first-order valence-corrected chi connectivity index (χ1v) is 6.44. The van der Waals surface area contributed by atoms with Crippen LogP contribution in [0.4, 0.5) is 0 Å². The lowest BCUT2D eigenvalue weighted by atomic mass is 10.2. The molecule has 0 aliphatic heterocycles. The summed E-state index contributed by atoms with van der Waals surface area (Å²) < 4.78 is 7.00. The summed E-state index contributed by atoms with van der Waals surface area (Å²) in [5, 5.41) is 8.27. The highest BCUT2D eigenvalue weighted by atomic mass is 35.5. The van der Waals surface area contributed by atoms with Gasteiger partial charge in [-0.2, -0.15) is 5.10 Å². The molecule has 0 amide bonds. The van der Waals surface area contributed by atoms with Crippen molar-refractivity contribution in [3.05, 3.63) is 40.9 Å². The molecule has 5 nitrogen and oxygen atoms in total. The molecule has 102 valence electrons. The fraction of sp³-hybridized carbons (Fsp3) is 0.385. The summed E-state index contributed by atoms with van der Waals surface area (Å²) in [4.78, 5) is 4.17. The highest BCUT2D eigenvalue weighted by molar-refractivity contribution is 6.30. The molecule has 0 atom stereocenters. The van der Waals surface area contributed by atoms with Gasteiger partial charge >= 0.3 is 0 Å². The molecule has 19 heavy (non-hydrogen) atoms. The Morgan fingerprint density at radius 2 is 2.26 bits per heavy atom. The van der Waals surface area contributed by atoms with Gasteiger partial charge in [0.1, 0.15) is 12.1 Å². The summed E-state index contributed by atoms with van der Waals surface area (Å²) in [6.07, 6.45) is 2.50. The molecule has 1 N–H and O–H groups in total. The molecule has 0 aliphatic carbocycles. The molecule has 0 aliphatic rings. The van der Waals surface area contributed by atoms with E-state index >= 15 is 0 Å². The zero-order chi connectivity index (χ0) is 13.7. The number of ether oxygens (including phenoxy) is 1. The Morgan fingerprint density at radius 3 is 2.95 bits per heavy atom. The molecule has 2 aromatic rings. The van der Waals surface area contributed by atoms with Crippen LogP contribution in [0.15, 0.2) is 24.5 Å². The summed E-state index contributed by atoms with van der Waals surface area (Å²) in [6, 6.07) is 5.60. The molecule has 1 heterocycles. The quantitative estimate of drug-likeness (QED) is 0.820. The number of halogens is 1. The van der Waals surface area contributed by atoms with Crippen LogP contribution in [0.3, 0.4) is 0 Å². The van der Waals surface area contributed by atoms with Crippen molar-refractivity contribution in [2.45, 2.75) is 13.0 Å². The van der Waals surface area contributed by atoms with Crippen LogP contribution in [0.5, 0.6) is 5.75 Å². The van der Waals surface area contributed by atoms with Gasteiger partial charge in [-0.05, 0) is 18.2 Å². The average molecular weight is 281 g/mol. The van der Waals surface area contributed by atoms with Crippen LogP contribution in [0.1, 0.15) is 11.4 Å². The molecular weight excluding hydrogens is 264 g/mol. The van der Waals surface area contributed by atoms with E-state index in [1.165, 1.54) is 0 Å². The lowest BCUT2D eigenvalue weighted by Crippen LogP contribution is -2.17. The summed E-state index contributed by atoms with van der Waals surface area (Å²) in [7, 11) is 3.52. The normalized spacial score (nSPS) is 10.7. The van der Waals surface area contributed by atoms with Crippen molar-refractivity contribution in [3.63, 3.8) is 0 Å². The molecule has 0 radical (unpaired) electrons. The Balaban J connectivity index is 1.83. The van der Waals surface area contributed by atoms with Gasteiger partial charge in [0, 0.05) is 37.1 Å². The zero-order valence-corrected chi connectivity index (χ0v) is 11.8. The van der Waals surface area contributed by atoms with E-state index in [9.17, 15) is 0 Å². The van der Waals surface area contributed by atoms with E-state index in [2.05, 4.69) is 15.4 Å². The van der Waals surface area contributed by atoms with Crippen molar-refractivity contribution in [3.8, 4) is 5.75 Å². The van der Waals surface area contributed by atoms with Crippen molar-refractivity contribution in [2.24, 2.45) is 7.05 Å². The van der Waals surface area contributed by atoms with Crippen molar-refractivity contribution >= 4 is 11.6 Å². The van der Waals surface area contributed by atoms with Gasteiger partial charge in [-0.1, -0.05) is 11.6 Å². The van der Waals surface area contributed by atoms with Crippen LogP contribution in [-0.2, 0) is 20.0 Å². The number of nitrogens with zero attached hydrogens (tertiary/aromatic N) is 3. The highest BCUT2D eigenvalue weighted by Crippen LogP contribution is 2.22. The third-order valence-corrected chi connectivity index (χ3v) is 2.97. The second-order valence-corrected chi connectivity index (χ2v) is 4.65. The predicted octanol–water partition coefficient (Wildman–Crippen LogP) is 1.81. The molecular formula is C13H17ClN4O. The van der Waals surface area contributed by atoms with Crippen LogP contribution in [-0.4, -0.2) is 28.4 Å². The van der Waals surface area contributed by atoms with E-state index < -0.39 is 0 Å². The van der Waals surface area contributed by atoms with E-state index in [0.717, 1.165) is 30.1 Å². The Labute approximate surface area is 117 Å². The number of aromatic nitrogens is 3. The van der Waals surface area contributed by atoms with Crippen LogP contribution < -0.4 is 10.1 Å². The Kier molecular flexibility index (Phi) is 4.76. The number of rotatable bonds is 6. The van der Waals surface area contributed by atoms with Gasteiger partial charge in [-0.25, -0.2) is 4.98 Å². The van der Waals surface area contributed by atoms with Crippen LogP contribution >= 0.6 is 11.6 Å². The molecule has 6 heteroatoms. The first-order chi connectivity index (χ1) is 9.19. The minimum atomic E-state index is 0.705. The second-order valence-electron chi connectivity index (χ2n) is 4.22. The number of benzene rings is 1. The predicted molar refractivity (Wildman–Crippen MR) is 74.4 cm³/mol. The summed E-state index contributed by atoms with van der Waals surface area (Å²) in [5.74, 6) is 1.68. The van der Waals surface area contributed by atoms with Gasteiger partial charge in [-0.3, -0.25) is 4.68 Å². The largest absolute Gasteiger partial charge is 0.496 e. The summed E-state index contributed by atoms with van der Waals surface area (Å²) >= 11 is 5.98. The van der Waals surface area contributed by atoms with Gasteiger partial charge in [0.05, 0.1) is 7.11 Å². The van der Waals surface area contributed by atoms with E-state index in [1.54, 1.807) is 18.1 Å². The fourth-order valence-corrected chi connectivity index (χ4v) is 2.00. The molecule has 0 saturated heterocycles. The minimum Gasteiger partial charge on any atom is -0.496 e. The number of hydrogen-bond acceptors (Lipinski definition) is 4. The smallest absolute Gasteiger partial charge is 0.151 e. The average Bonchev–Trinajstić information content (AvgIpc) is 2.81. The molecule has 0 bridgehead atoms. The van der Waals surface area contributed by atoms with Crippen molar-refractivity contribution < 1.29 is 4.74 Å². The van der Waals surface area contributed by atoms with Gasteiger partial charge in [0.25, 0.3) is 0 Å². The van der Waals surface area contributed by atoms with Crippen molar-refractivity contribution in [1.29, 1.82) is 0 Å². The first-order valence-electron chi connectivity index (χ1n) is 6.06. The Bertz CT molecular complexity index is 541. The summed E-state index contributed by atoms with van der Waals surface area (Å²) in [6.45, 7) is 1.51. The number of nitrogens with one attached hydrogen (secondary N) is 1. The lowest BCUT2D eigenvalue weighted by Gasteiger charge is -2.09. The van der Waals surface area contributed by atoms with Gasteiger partial charge < -0.3 is 10.1 Å². The SMILES string of the molecule is COc1ccc(Cl)cc1CNCCc1ncn(C)n1. The molecule has 0 unspecified atom stereocenters. The Hall–Kier alpha value is -1.59. The van der Waals surface area contributed by atoms with Crippen molar-refractivity contribution in [1.82, 2.24) is 20.1 Å². The Morgan fingerprint density at radius 1 is 1.42 bits per heavy atom. The first kappa shape index (κ1) is 13.8. The minimum absolute atomic E-state index is 0.705. The van der Waals surface area contributed by atoms with Crippen molar-refractivity contribution in [2.75, 3.05) is 13.7 Å². The maximum absolute atomic E-state index is 5.98. The fourth-order valence-electron chi connectivity index (χ4n) is 1.81. The molecule has 0 spiro atoms. The van der Waals surface area contributed by atoms with Crippen LogP contribution in [0, 0.1) is 0 Å². The second kappa shape index (κ2) is 6.54. The molecule has 0 saturated carbocycles. The summed E-state index contributed by atoms with van der Waals surface area (Å²) in [5.41, 5.74) is 1.05. The lowest BCUT2D eigenvalue weighted by molar-refractivity contribution is 0.408. The third kappa shape index (κ3) is 3.94. The monoisotopic (exact) mass is 280 g/mol. The molecule has 2 rings (SSSR count). The molecule has 1 aromatic heterocycles. The van der Waals surface area contributed by atoms with E-state index in [1.807, 2.05) is 25.2 Å². The maximum Gasteiger partial charge on any atom is 0.151 e. The van der Waals surface area contributed by atoms with Crippen LogP contribution in [0.25, 0.3) is 0 Å². The number of aryl methyl sites for hydroxylation is 1. The van der Waals surface area contributed by atoms with Gasteiger partial charge in [-0.15, -0.1) is 0 Å². The third-order valence-electron chi connectivity index (χ3n) is 2.73. The molecule has 1 aromatic carbocycles.